The molecule has 0 aliphatic carbocycles. The molecule has 6 rings (SSSR count). The zero-order chi connectivity index (χ0) is 27.6. The molecule has 0 radical (unpaired) electrons. The van der Waals surface area contributed by atoms with E-state index in [0.717, 1.165) is 45.0 Å². The van der Waals surface area contributed by atoms with Gasteiger partial charge in [-0.05, 0) is 101 Å². The molecule has 9 heteroatoms. The molecule has 2 atom stereocenters. The van der Waals surface area contributed by atoms with Crippen LogP contribution in [0, 0.1) is 19.8 Å². The number of halogens is 2. The quantitative estimate of drug-likeness (QED) is 0.438. The van der Waals surface area contributed by atoms with Crippen molar-refractivity contribution in [3.05, 3.63) is 59.2 Å². The first-order valence-electron chi connectivity index (χ1n) is 15.4. The lowest BCUT2D eigenvalue weighted by molar-refractivity contribution is -0.117. The molecule has 4 aliphatic rings. The molecule has 42 heavy (non-hydrogen) atoms. The van der Waals surface area contributed by atoms with Crippen molar-refractivity contribution in [3.8, 4) is 0 Å². The Kier molecular flexibility index (Phi) is 11.2. The number of carbonyl (C=O) groups excluding carboxylic acids is 2. The average Bonchev–Trinajstić information content (AvgIpc) is 3.72. The molecule has 4 saturated heterocycles. The SMILES string of the molecule is Cc1ccc(N2CCN(C(=O)c3ccc(N4CC(CN5CCC[C@H]5CN5CCCC5)CC4=O)cc3)CC2)c(C)c1.Cl.Cl. The molecule has 4 heterocycles. The minimum atomic E-state index is 0. The van der Waals surface area contributed by atoms with E-state index in [1.165, 1.54) is 68.7 Å². The summed E-state index contributed by atoms with van der Waals surface area (Å²) in [5, 5.41) is 0. The van der Waals surface area contributed by atoms with Gasteiger partial charge in [0.25, 0.3) is 5.91 Å². The molecule has 2 aromatic carbocycles. The summed E-state index contributed by atoms with van der Waals surface area (Å²) < 4.78 is 0. The third-order valence-electron chi connectivity index (χ3n) is 9.55. The maximum Gasteiger partial charge on any atom is 0.253 e. The molecule has 2 aromatic rings. The van der Waals surface area contributed by atoms with Crippen LogP contribution < -0.4 is 9.80 Å². The minimum absolute atomic E-state index is 0. The lowest BCUT2D eigenvalue weighted by Crippen LogP contribution is -2.49. The number of nitrogens with zero attached hydrogens (tertiary/aromatic N) is 5. The summed E-state index contributed by atoms with van der Waals surface area (Å²) in [5.74, 6) is 0.666. The van der Waals surface area contributed by atoms with Gasteiger partial charge in [-0.2, -0.15) is 0 Å². The molecule has 4 aliphatic heterocycles. The van der Waals surface area contributed by atoms with E-state index in [-0.39, 0.29) is 36.6 Å². The van der Waals surface area contributed by atoms with Crippen molar-refractivity contribution in [2.24, 2.45) is 5.92 Å². The molecular weight excluding hydrogens is 569 g/mol. The molecule has 0 bridgehead atoms. The zero-order valence-corrected chi connectivity index (χ0v) is 26.8. The van der Waals surface area contributed by atoms with E-state index >= 15 is 0 Å². The van der Waals surface area contributed by atoms with Gasteiger partial charge in [0.15, 0.2) is 0 Å². The van der Waals surface area contributed by atoms with Crippen LogP contribution in [0.1, 0.15) is 53.6 Å². The molecule has 1 unspecified atom stereocenters. The lowest BCUT2D eigenvalue weighted by Gasteiger charge is -2.37. The van der Waals surface area contributed by atoms with Crippen LogP contribution in [0.4, 0.5) is 11.4 Å². The van der Waals surface area contributed by atoms with E-state index in [1.54, 1.807) is 0 Å². The largest absolute Gasteiger partial charge is 0.368 e. The highest BCUT2D eigenvalue weighted by Gasteiger charge is 2.35. The number of likely N-dealkylation sites (tertiary alicyclic amines) is 2. The fourth-order valence-corrected chi connectivity index (χ4v) is 7.37. The minimum Gasteiger partial charge on any atom is -0.368 e. The fourth-order valence-electron chi connectivity index (χ4n) is 7.37. The van der Waals surface area contributed by atoms with Crippen molar-refractivity contribution in [1.29, 1.82) is 0 Å². The van der Waals surface area contributed by atoms with Crippen molar-refractivity contribution < 1.29 is 9.59 Å². The normalized spacial score (nSPS) is 23.3. The highest BCUT2D eigenvalue weighted by Crippen LogP contribution is 2.29. The second-order valence-corrected chi connectivity index (χ2v) is 12.5. The summed E-state index contributed by atoms with van der Waals surface area (Å²) in [6, 6.07) is 15.0. The number of rotatable bonds is 7. The summed E-state index contributed by atoms with van der Waals surface area (Å²) in [4.78, 5) is 37.8. The van der Waals surface area contributed by atoms with Gasteiger partial charge in [-0.25, -0.2) is 0 Å². The third-order valence-corrected chi connectivity index (χ3v) is 9.55. The maximum atomic E-state index is 13.3. The van der Waals surface area contributed by atoms with Crippen LogP contribution in [-0.4, -0.2) is 98.0 Å². The maximum absolute atomic E-state index is 13.3. The predicted octanol–water partition coefficient (Wildman–Crippen LogP) is 5.02. The molecule has 4 fully saturated rings. The number of benzene rings is 2. The van der Waals surface area contributed by atoms with Gasteiger partial charge in [0, 0.05) is 75.2 Å². The number of hydrogen-bond acceptors (Lipinski definition) is 5. The number of aryl methyl sites for hydroxylation is 2. The Morgan fingerprint density at radius 2 is 1.55 bits per heavy atom. The van der Waals surface area contributed by atoms with Gasteiger partial charge in [0.05, 0.1) is 0 Å². The Morgan fingerprint density at radius 3 is 2.24 bits per heavy atom. The number of piperazine rings is 1. The summed E-state index contributed by atoms with van der Waals surface area (Å²) in [6.45, 7) is 14.1. The van der Waals surface area contributed by atoms with Crippen LogP contribution in [-0.2, 0) is 4.79 Å². The van der Waals surface area contributed by atoms with Crippen molar-refractivity contribution >= 4 is 48.0 Å². The fraction of sp³-hybridized carbons (Fsp3) is 0.576. The molecule has 230 valence electrons. The van der Waals surface area contributed by atoms with Gasteiger partial charge in [0.1, 0.15) is 0 Å². The molecule has 0 spiro atoms. The van der Waals surface area contributed by atoms with Crippen molar-refractivity contribution in [2.75, 3.05) is 75.2 Å². The molecular formula is C33H47Cl2N5O2. The highest BCUT2D eigenvalue weighted by molar-refractivity contribution is 5.98. The number of carbonyl (C=O) groups is 2. The van der Waals surface area contributed by atoms with Gasteiger partial charge >= 0.3 is 0 Å². The van der Waals surface area contributed by atoms with Gasteiger partial charge in [0.2, 0.25) is 5.91 Å². The summed E-state index contributed by atoms with van der Waals surface area (Å²) in [6.07, 6.45) is 5.87. The summed E-state index contributed by atoms with van der Waals surface area (Å²) in [7, 11) is 0. The van der Waals surface area contributed by atoms with Crippen LogP contribution in [0.2, 0.25) is 0 Å². The number of hydrogen-bond donors (Lipinski definition) is 0. The average molecular weight is 617 g/mol. The van der Waals surface area contributed by atoms with Crippen molar-refractivity contribution in [3.63, 3.8) is 0 Å². The van der Waals surface area contributed by atoms with Crippen LogP contribution in [0.25, 0.3) is 0 Å². The number of amides is 2. The first-order chi connectivity index (χ1) is 19.4. The Hall–Kier alpha value is -2.32. The van der Waals surface area contributed by atoms with Gasteiger partial charge in [-0.3, -0.25) is 14.5 Å². The lowest BCUT2D eigenvalue weighted by atomic mass is 10.1. The van der Waals surface area contributed by atoms with Crippen LogP contribution in [0.3, 0.4) is 0 Å². The van der Waals surface area contributed by atoms with E-state index < -0.39 is 0 Å². The van der Waals surface area contributed by atoms with Crippen LogP contribution in [0.15, 0.2) is 42.5 Å². The topological polar surface area (TPSA) is 50.3 Å². The summed E-state index contributed by atoms with van der Waals surface area (Å²) in [5.41, 5.74) is 5.45. The third kappa shape index (κ3) is 7.24. The van der Waals surface area contributed by atoms with E-state index in [0.29, 0.717) is 23.9 Å². The molecule has 0 aromatic heterocycles. The standard InChI is InChI=1S/C33H45N5O2.2ClH/c1-25-7-12-31(26(2)20-25)35-16-18-36(19-17-35)33(40)28-8-10-29(11-9-28)38-23-27(21-32(38)39)22-37-15-5-6-30(37)24-34-13-3-4-14-34;;/h7-12,20,27,30H,3-6,13-19,21-24H2,1-2H3;2*1H/t27?,30-;;/m0../s1. The van der Waals surface area contributed by atoms with Crippen LogP contribution in [0.5, 0.6) is 0 Å². The van der Waals surface area contributed by atoms with Crippen molar-refractivity contribution in [1.82, 2.24) is 14.7 Å². The monoisotopic (exact) mass is 615 g/mol. The second-order valence-electron chi connectivity index (χ2n) is 12.5. The van der Waals surface area contributed by atoms with E-state index in [1.807, 2.05) is 34.1 Å². The van der Waals surface area contributed by atoms with Gasteiger partial charge in [-0.15, -0.1) is 24.8 Å². The Balaban J connectivity index is 0.00000202. The molecule has 0 saturated carbocycles. The smallest absolute Gasteiger partial charge is 0.253 e. The Labute approximate surface area is 264 Å². The first-order valence-corrected chi connectivity index (χ1v) is 15.4. The Bertz CT molecular complexity index is 1210. The van der Waals surface area contributed by atoms with Crippen LogP contribution >= 0.6 is 24.8 Å². The summed E-state index contributed by atoms with van der Waals surface area (Å²) >= 11 is 0. The molecule has 0 N–H and O–H groups in total. The zero-order valence-electron chi connectivity index (χ0n) is 25.2. The van der Waals surface area contributed by atoms with E-state index in [9.17, 15) is 9.59 Å². The van der Waals surface area contributed by atoms with Crippen molar-refractivity contribution in [2.45, 2.75) is 52.0 Å². The first kappa shape index (κ1) is 32.6. The van der Waals surface area contributed by atoms with Gasteiger partial charge in [-0.1, -0.05) is 17.7 Å². The highest BCUT2D eigenvalue weighted by atomic mass is 35.5. The van der Waals surface area contributed by atoms with E-state index in [2.05, 4.69) is 46.7 Å². The number of anilines is 2. The molecule has 7 nitrogen and oxygen atoms in total. The second kappa shape index (κ2) is 14.4. The predicted molar refractivity (Wildman–Crippen MR) is 176 cm³/mol. The Morgan fingerprint density at radius 1 is 0.833 bits per heavy atom. The molecule has 2 amide bonds. The van der Waals surface area contributed by atoms with E-state index in [4.69, 9.17) is 0 Å². The van der Waals surface area contributed by atoms with Gasteiger partial charge < -0.3 is 19.6 Å².